The van der Waals surface area contributed by atoms with Gasteiger partial charge in [0.05, 0.1) is 5.56 Å². The average Bonchev–Trinajstić information content (AvgIpc) is 2.87. The van der Waals surface area contributed by atoms with Crippen LogP contribution >= 0.6 is 0 Å². The Morgan fingerprint density at radius 2 is 2.10 bits per heavy atom. The smallest absolute Gasteiger partial charge is 0.339 e. The Labute approximate surface area is 114 Å². The van der Waals surface area contributed by atoms with Gasteiger partial charge >= 0.3 is 6.18 Å². The van der Waals surface area contributed by atoms with E-state index in [0.717, 1.165) is 18.7 Å². The molecule has 0 saturated carbocycles. The summed E-state index contributed by atoms with van der Waals surface area (Å²) < 4.78 is 42.9. The van der Waals surface area contributed by atoms with Crippen molar-refractivity contribution >= 4 is 0 Å². The fraction of sp³-hybridized carbons (Fsp3) is 0.385. The Balaban J connectivity index is 2.16. The first-order valence-corrected chi connectivity index (χ1v) is 6.21. The van der Waals surface area contributed by atoms with Crippen LogP contribution in [0.3, 0.4) is 0 Å². The van der Waals surface area contributed by atoms with E-state index in [1.54, 1.807) is 0 Å². The lowest BCUT2D eigenvalue weighted by Gasteiger charge is -2.06. The van der Waals surface area contributed by atoms with E-state index >= 15 is 0 Å². The highest BCUT2D eigenvalue weighted by atomic mass is 19.4. The molecule has 0 atom stereocenters. The molecule has 0 amide bonds. The van der Waals surface area contributed by atoms with E-state index in [-0.39, 0.29) is 5.82 Å². The van der Waals surface area contributed by atoms with Gasteiger partial charge in [0.25, 0.3) is 0 Å². The maximum Gasteiger partial charge on any atom is 0.416 e. The summed E-state index contributed by atoms with van der Waals surface area (Å²) in [5, 5.41) is 6.81. The van der Waals surface area contributed by atoms with E-state index in [1.165, 1.54) is 12.1 Å². The van der Waals surface area contributed by atoms with Crippen molar-refractivity contribution in [2.75, 3.05) is 13.1 Å². The summed E-state index contributed by atoms with van der Waals surface area (Å²) in [7, 11) is 0. The number of benzene rings is 1. The zero-order valence-electron chi connectivity index (χ0n) is 10.9. The third-order valence-electron chi connectivity index (χ3n) is 2.68. The molecule has 20 heavy (non-hydrogen) atoms. The van der Waals surface area contributed by atoms with Gasteiger partial charge in [-0.05, 0) is 18.7 Å². The standard InChI is InChI=1S/C13H14F3N3O/c1-2-17-7-6-11-18-12(19-20-11)9-4-3-5-10(8-9)13(14,15)16/h3-5,8,17H,2,6-7H2,1H3. The number of hydrogen-bond donors (Lipinski definition) is 1. The Morgan fingerprint density at radius 3 is 2.80 bits per heavy atom. The first-order valence-electron chi connectivity index (χ1n) is 6.21. The first kappa shape index (κ1) is 14.5. The Hall–Kier alpha value is -1.89. The molecule has 1 aromatic heterocycles. The summed E-state index contributed by atoms with van der Waals surface area (Å²) in [4.78, 5) is 4.09. The molecule has 2 aromatic rings. The number of rotatable bonds is 5. The zero-order valence-corrected chi connectivity index (χ0v) is 10.9. The van der Waals surface area contributed by atoms with E-state index in [4.69, 9.17) is 4.52 Å². The van der Waals surface area contributed by atoms with E-state index in [2.05, 4.69) is 15.5 Å². The highest BCUT2D eigenvalue weighted by Crippen LogP contribution is 2.31. The second-order valence-electron chi connectivity index (χ2n) is 4.19. The molecule has 0 fully saturated rings. The summed E-state index contributed by atoms with van der Waals surface area (Å²) in [5.74, 6) is 0.570. The molecular formula is C13H14F3N3O. The van der Waals surface area contributed by atoms with Gasteiger partial charge in [0, 0.05) is 18.5 Å². The zero-order chi connectivity index (χ0) is 14.6. The molecule has 108 valence electrons. The molecule has 0 unspecified atom stereocenters. The Bertz CT molecular complexity index is 566. The van der Waals surface area contributed by atoms with Crippen LogP contribution in [0.2, 0.25) is 0 Å². The SMILES string of the molecule is CCNCCc1nc(-c2cccc(C(F)(F)F)c2)no1. The van der Waals surface area contributed by atoms with Crippen LogP contribution < -0.4 is 5.32 Å². The van der Waals surface area contributed by atoms with Crippen LogP contribution in [-0.4, -0.2) is 23.2 Å². The summed E-state index contributed by atoms with van der Waals surface area (Å²) in [5.41, 5.74) is -0.438. The van der Waals surface area contributed by atoms with Crippen LogP contribution in [0.25, 0.3) is 11.4 Å². The molecule has 0 aliphatic carbocycles. The number of aromatic nitrogens is 2. The van der Waals surface area contributed by atoms with Crippen molar-refractivity contribution in [1.29, 1.82) is 0 Å². The van der Waals surface area contributed by atoms with Crippen molar-refractivity contribution in [3.05, 3.63) is 35.7 Å². The lowest BCUT2D eigenvalue weighted by Crippen LogP contribution is -2.16. The highest BCUT2D eigenvalue weighted by Gasteiger charge is 2.30. The summed E-state index contributed by atoms with van der Waals surface area (Å²) in [6.07, 6.45) is -3.84. The molecule has 0 spiro atoms. The Kier molecular flexibility index (Phi) is 4.39. The lowest BCUT2D eigenvalue weighted by molar-refractivity contribution is -0.137. The van der Waals surface area contributed by atoms with Gasteiger partial charge in [0.1, 0.15) is 0 Å². The number of halogens is 3. The molecular weight excluding hydrogens is 271 g/mol. The number of likely N-dealkylation sites (N-methyl/N-ethyl adjacent to an activating group) is 1. The minimum Gasteiger partial charge on any atom is -0.339 e. The minimum atomic E-state index is -4.38. The number of nitrogens with zero attached hydrogens (tertiary/aromatic N) is 2. The van der Waals surface area contributed by atoms with Gasteiger partial charge in [-0.25, -0.2) is 0 Å². The van der Waals surface area contributed by atoms with Crippen LogP contribution in [0.4, 0.5) is 13.2 Å². The molecule has 1 aromatic carbocycles. The van der Waals surface area contributed by atoms with Crippen molar-refractivity contribution in [2.45, 2.75) is 19.5 Å². The Morgan fingerprint density at radius 1 is 1.30 bits per heavy atom. The van der Waals surface area contributed by atoms with Crippen molar-refractivity contribution in [2.24, 2.45) is 0 Å². The number of hydrogen-bond acceptors (Lipinski definition) is 4. The second kappa shape index (κ2) is 6.04. The average molecular weight is 285 g/mol. The first-order chi connectivity index (χ1) is 9.50. The van der Waals surface area contributed by atoms with Gasteiger partial charge in [0.15, 0.2) is 0 Å². The van der Waals surface area contributed by atoms with Gasteiger partial charge in [-0.1, -0.05) is 24.2 Å². The predicted molar refractivity (Wildman–Crippen MR) is 67.0 cm³/mol. The lowest BCUT2D eigenvalue weighted by atomic mass is 10.1. The van der Waals surface area contributed by atoms with Crippen LogP contribution in [0.15, 0.2) is 28.8 Å². The molecule has 0 saturated heterocycles. The molecule has 0 radical (unpaired) electrons. The van der Waals surface area contributed by atoms with Crippen molar-refractivity contribution in [3.63, 3.8) is 0 Å². The topological polar surface area (TPSA) is 51.0 Å². The molecule has 0 bridgehead atoms. The highest BCUT2D eigenvalue weighted by molar-refractivity contribution is 5.55. The summed E-state index contributed by atoms with van der Waals surface area (Å²) >= 11 is 0. The fourth-order valence-corrected chi connectivity index (χ4v) is 1.68. The molecule has 2 rings (SSSR count). The second-order valence-corrected chi connectivity index (χ2v) is 4.19. The molecule has 1 heterocycles. The normalized spacial score (nSPS) is 11.8. The minimum absolute atomic E-state index is 0.169. The van der Waals surface area contributed by atoms with Gasteiger partial charge in [-0.3, -0.25) is 0 Å². The molecule has 7 heteroatoms. The summed E-state index contributed by atoms with van der Waals surface area (Å²) in [6, 6.07) is 4.87. The molecule has 1 N–H and O–H groups in total. The summed E-state index contributed by atoms with van der Waals surface area (Å²) in [6.45, 7) is 3.48. The van der Waals surface area contributed by atoms with Crippen molar-refractivity contribution in [1.82, 2.24) is 15.5 Å². The van der Waals surface area contributed by atoms with E-state index < -0.39 is 11.7 Å². The van der Waals surface area contributed by atoms with Gasteiger partial charge in [-0.15, -0.1) is 0 Å². The quantitative estimate of drug-likeness (QED) is 0.858. The van der Waals surface area contributed by atoms with Crippen molar-refractivity contribution in [3.8, 4) is 11.4 Å². The van der Waals surface area contributed by atoms with Crippen LogP contribution in [-0.2, 0) is 12.6 Å². The fourth-order valence-electron chi connectivity index (χ4n) is 1.68. The predicted octanol–water partition coefficient (Wildman–Crippen LogP) is 2.91. The maximum absolute atomic E-state index is 12.6. The maximum atomic E-state index is 12.6. The van der Waals surface area contributed by atoms with E-state index in [9.17, 15) is 13.2 Å². The van der Waals surface area contributed by atoms with Gasteiger partial charge < -0.3 is 9.84 Å². The molecule has 0 aliphatic heterocycles. The van der Waals surface area contributed by atoms with Gasteiger partial charge in [-0.2, -0.15) is 18.2 Å². The van der Waals surface area contributed by atoms with E-state index in [0.29, 0.717) is 24.4 Å². The number of nitrogens with one attached hydrogen (secondary N) is 1. The van der Waals surface area contributed by atoms with Crippen LogP contribution in [0.1, 0.15) is 18.4 Å². The monoisotopic (exact) mass is 285 g/mol. The van der Waals surface area contributed by atoms with Crippen molar-refractivity contribution < 1.29 is 17.7 Å². The number of alkyl halides is 3. The van der Waals surface area contributed by atoms with Gasteiger partial charge in [0.2, 0.25) is 11.7 Å². The van der Waals surface area contributed by atoms with Crippen LogP contribution in [0, 0.1) is 0 Å². The van der Waals surface area contributed by atoms with Crippen LogP contribution in [0.5, 0.6) is 0 Å². The third kappa shape index (κ3) is 3.57. The largest absolute Gasteiger partial charge is 0.416 e. The van der Waals surface area contributed by atoms with E-state index in [1.807, 2.05) is 6.92 Å². The third-order valence-corrected chi connectivity index (χ3v) is 2.68. The molecule has 4 nitrogen and oxygen atoms in total. The molecule has 0 aliphatic rings.